The van der Waals surface area contributed by atoms with Gasteiger partial charge in [-0.3, -0.25) is 4.79 Å². The molecule has 0 radical (unpaired) electrons. The highest BCUT2D eigenvalue weighted by Crippen LogP contribution is 2.43. The van der Waals surface area contributed by atoms with Crippen molar-refractivity contribution in [2.24, 2.45) is 5.41 Å². The molecule has 0 aliphatic heterocycles. The number of alkyl halides is 3. The molecule has 2 aromatic heterocycles. The number of nitrogens with one attached hydrogen (secondary N) is 1. The summed E-state index contributed by atoms with van der Waals surface area (Å²) < 4.78 is 68.1. The summed E-state index contributed by atoms with van der Waals surface area (Å²) in [6, 6.07) is 5.47. The third-order valence-corrected chi connectivity index (χ3v) is 5.80. The van der Waals surface area contributed by atoms with Crippen LogP contribution in [0.2, 0.25) is 0 Å². The van der Waals surface area contributed by atoms with Crippen molar-refractivity contribution in [1.82, 2.24) is 9.55 Å². The number of halogens is 5. The number of carbonyl (C=O) groups excluding carboxylic acids is 1. The van der Waals surface area contributed by atoms with Crippen molar-refractivity contribution in [3.63, 3.8) is 0 Å². The van der Waals surface area contributed by atoms with Crippen LogP contribution in [0.3, 0.4) is 0 Å². The Hall–Kier alpha value is -2.97. The number of hydrogen-bond donors (Lipinski definition) is 1. The minimum atomic E-state index is -4.77. The van der Waals surface area contributed by atoms with E-state index in [0.29, 0.717) is 23.5 Å². The number of anilines is 1. The molecule has 31 heavy (non-hydrogen) atoms. The predicted octanol–water partition coefficient (Wildman–Crippen LogP) is 5.90. The number of fused-ring (bicyclic) bond motifs is 1. The summed E-state index contributed by atoms with van der Waals surface area (Å²) in [6.07, 6.45) is 0.108. The van der Waals surface area contributed by atoms with Crippen LogP contribution in [-0.4, -0.2) is 15.5 Å². The normalized spacial score (nSPS) is 15.7. The Labute approximate surface area is 175 Å². The lowest BCUT2D eigenvalue weighted by Gasteiger charge is -2.37. The molecule has 1 aliphatic carbocycles. The highest BCUT2D eigenvalue weighted by atomic mass is 19.4. The molecule has 2 heterocycles. The van der Waals surface area contributed by atoms with Gasteiger partial charge in [-0.25, -0.2) is 13.8 Å². The molecule has 1 amide bonds. The van der Waals surface area contributed by atoms with Gasteiger partial charge >= 0.3 is 6.18 Å². The summed E-state index contributed by atoms with van der Waals surface area (Å²) >= 11 is 0. The molecule has 0 unspecified atom stereocenters. The molecule has 3 aromatic rings. The number of rotatable bonds is 5. The maximum Gasteiger partial charge on any atom is 0.419 e. The van der Waals surface area contributed by atoms with E-state index in [1.807, 2.05) is 6.92 Å². The third kappa shape index (κ3) is 4.40. The molecule has 1 N–H and O–H groups in total. The van der Waals surface area contributed by atoms with E-state index in [2.05, 4.69) is 10.3 Å². The maximum absolute atomic E-state index is 14.6. The fraction of sp³-hybridized carbons (Fsp3) is 0.364. The highest BCUT2D eigenvalue weighted by Gasteiger charge is 2.35. The van der Waals surface area contributed by atoms with Gasteiger partial charge in [-0.1, -0.05) is 19.4 Å². The van der Waals surface area contributed by atoms with Crippen LogP contribution in [0.15, 0.2) is 36.5 Å². The quantitative estimate of drug-likeness (QED) is 0.505. The van der Waals surface area contributed by atoms with Crippen LogP contribution < -0.4 is 5.32 Å². The van der Waals surface area contributed by atoms with Crippen molar-refractivity contribution in [3.05, 3.63) is 59.3 Å². The standard InChI is InChI=1S/C22H20F5N3O/c1-21(6-2-7-21)11-19(31)29-20-16(24)10-18-17(28-20)5-8-30(18)12-13-3-4-14(15(23)9-13)22(25,26)27/h3-5,8-10H,2,6-7,11-12H2,1H3,(H,28,29,31). The monoisotopic (exact) mass is 437 g/mol. The van der Waals surface area contributed by atoms with Crippen molar-refractivity contribution >= 4 is 22.8 Å². The van der Waals surface area contributed by atoms with E-state index in [4.69, 9.17) is 0 Å². The molecule has 0 spiro atoms. The fourth-order valence-corrected chi connectivity index (χ4v) is 3.92. The molecule has 1 saturated carbocycles. The van der Waals surface area contributed by atoms with Gasteiger partial charge in [0.1, 0.15) is 5.82 Å². The van der Waals surface area contributed by atoms with Gasteiger partial charge in [0.25, 0.3) is 0 Å². The van der Waals surface area contributed by atoms with Crippen molar-refractivity contribution in [1.29, 1.82) is 0 Å². The van der Waals surface area contributed by atoms with Crippen molar-refractivity contribution < 1.29 is 26.7 Å². The van der Waals surface area contributed by atoms with Crippen molar-refractivity contribution in [3.8, 4) is 0 Å². The SMILES string of the molecule is CC1(CC(=O)Nc2nc3ccn(Cc4ccc(C(F)(F)F)c(F)c4)c3cc2F)CCC1. The second-order valence-electron chi connectivity index (χ2n) is 8.37. The summed E-state index contributed by atoms with van der Waals surface area (Å²) in [5.41, 5.74) is -0.321. The molecule has 0 bridgehead atoms. The Morgan fingerprint density at radius 1 is 1.16 bits per heavy atom. The summed E-state index contributed by atoms with van der Waals surface area (Å²) in [5.74, 6) is -2.56. The molecule has 164 valence electrons. The first-order valence-electron chi connectivity index (χ1n) is 9.85. The van der Waals surface area contributed by atoms with Crippen LogP contribution in [0.4, 0.5) is 27.8 Å². The fourth-order valence-electron chi connectivity index (χ4n) is 3.92. The number of nitrogens with zero attached hydrogens (tertiary/aromatic N) is 2. The molecular weight excluding hydrogens is 417 g/mol. The van der Waals surface area contributed by atoms with Gasteiger partial charge < -0.3 is 9.88 Å². The van der Waals surface area contributed by atoms with Gasteiger partial charge in [0.15, 0.2) is 11.6 Å². The summed E-state index contributed by atoms with van der Waals surface area (Å²) in [7, 11) is 0. The lowest BCUT2D eigenvalue weighted by Crippen LogP contribution is -2.31. The largest absolute Gasteiger partial charge is 0.419 e. The van der Waals surface area contributed by atoms with E-state index < -0.39 is 23.4 Å². The van der Waals surface area contributed by atoms with Crippen LogP contribution in [0, 0.1) is 17.0 Å². The van der Waals surface area contributed by atoms with Gasteiger partial charge in [0, 0.05) is 25.2 Å². The smallest absolute Gasteiger partial charge is 0.342 e. The van der Waals surface area contributed by atoms with E-state index in [0.717, 1.165) is 25.3 Å². The van der Waals surface area contributed by atoms with Gasteiger partial charge in [0.05, 0.1) is 16.6 Å². The summed E-state index contributed by atoms with van der Waals surface area (Å²) in [5, 5.41) is 2.52. The lowest BCUT2D eigenvalue weighted by atomic mass is 9.68. The average molecular weight is 437 g/mol. The van der Waals surface area contributed by atoms with Crippen LogP contribution in [0.1, 0.15) is 43.7 Å². The number of pyridine rings is 1. The zero-order valence-corrected chi connectivity index (χ0v) is 16.7. The van der Waals surface area contributed by atoms with Gasteiger partial charge in [-0.2, -0.15) is 13.2 Å². The Morgan fingerprint density at radius 3 is 2.52 bits per heavy atom. The first-order valence-corrected chi connectivity index (χ1v) is 9.85. The highest BCUT2D eigenvalue weighted by molar-refractivity contribution is 5.91. The van der Waals surface area contributed by atoms with Gasteiger partial charge in [0.2, 0.25) is 5.91 Å². The number of amides is 1. The second-order valence-corrected chi connectivity index (χ2v) is 8.37. The van der Waals surface area contributed by atoms with E-state index >= 15 is 0 Å². The number of carbonyl (C=O) groups is 1. The Kier molecular flexibility index (Phi) is 5.23. The molecule has 1 aromatic carbocycles. The Morgan fingerprint density at radius 2 is 1.90 bits per heavy atom. The van der Waals surface area contributed by atoms with Gasteiger partial charge in [-0.15, -0.1) is 0 Å². The van der Waals surface area contributed by atoms with Crippen LogP contribution in [0.5, 0.6) is 0 Å². The molecule has 9 heteroatoms. The number of hydrogen-bond acceptors (Lipinski definition) is 2. The first-order chi connectivity index (χ1) is 14.5. The van der Waals surface area contributed by atoms with E-state index in [9.17, 15) is 26.7 Å². The third-order valence-electron chi connectivity index (χ3n) is 5.80. The first kappa shape index (κ1) is 21.3. The topological polar surface area (TPSA) is 46.9 Å². The molecular formula is C22H20F5N3O. The van der Waals surface area contributed by atoms with Crippen LogP contribution in [-0.2, 0) is 17.5 Å². The Bertz CT molecular complexity index is 1150. The molecule has 0 atom stereocenters. The molecule has 1 fully saturated rings. The molecule has 0 saturated heterocycles. The van der Waals surface area contributed by atoms with Crippen molar-refractivity contribution in [2.45, 2.75) is 45.3 Å². The lowest BCUT2D eigenvalue weighted by molar-refractivity contribution is -0.140. The van der Waals surface area contributed by atoms with E-state index in [1.165, 1.54) is 12.1 Å². The molecule has 4 rings (SSSR count). The van der Waals surface area contributed by atoms with Crippen molar-refractivity contribution in [2.75, 3.05) is 5.32 Å². The van der Waals surface area contributed by atoms with E-state index in [-0.39, 0.29) is 29.2 Å². The average Bonchev–Trinajstić information content (AvgIpc) is 3.01. The molecule has 1 aliphatic rings. The predicted molar refractivity (Wildman–Crippen MR) is 105 cm³/mol. The number of benzene rings is 1. The van der Waals surface area contributed by atoms with Gasteiger partial charge in [-0.05, 0) is 42.0 Å². The minimum Gasteiger partial charge on any atom is -0.342 e. The van der Waals surface area contributed by atoms with Crippen LogP contribution in [0.25, 0.3) is 11.0 Å². The minimum absolute atomic E-state index is 0.0315. The zero-order chi connectivity index (χ0) is 22.4. The van der Waals surface area contributed by atoms with Crippen LogP contribution >= 0.6 is 0 Å². The zero-order valence-electron chi connectivity index (χ0n) is 16.7. The molecule has 4 nitrogen and oxygen atoms in total. The summed E-state index contributed by atoms with van der Waals surface area (Å²) in [4.78, 5) is 16.4. The Balaban J connectivity index is 1.54. The maximum atomic E-state index is 14.6. The van der Waals surface area contributed by atoms with E-state index in [1.54, 1.807) is 16.8 Å². The number of aromatic nitrogens is 2. The second kappa shape index (κ2) is 7.62. The summed E-state index contributed by atoms with van der Waals surface area (Å²) in [6.45, 7) is 2.05.